The highest BCUT2D eigenvalue weighted by Crippen LogP contribution is 2.29. The zero-order chi connectivity index (χ0) is 19.5. The lowest BCUT2D eigenvalue weighted by Crippen LogP contribution is -2.20. The third kappa shape index (κ3) is 3.45. The summed E-state index contributed by atoms with van der Waals surface area (Å²) in [6.07, 6.45) is 3.57. The van der Waals surface area contributed by atoms with Gasteiger partial charge in [-0.15, -0.1) is 0 Å². The first-order chi connectivity index (χ1) is 13.6. The molecule has 0 atom stereocenters. The van der Waals surface area contributed by atoms with E-state index < -0.39 is 6.03 Å². The molecular weight excluding hydrogens is 354 g/mol. The van der Waals surface area contributed by atoms with Gasteiger partial charge in [0.1, 0.15) is 5.69 Å². The highest BCUT2D eigenvalue weighted by Gasteiger charge is 2.15. The Hall–Kier alpha value is -4.00. The van der Waals surface area contributed by atoms with Crippen LogP contribution >= 0.6 is 0 Å². The van der Waals surface area contributed by atoms with Gasteiger partial charge in [0.15, 0.2) is 0 Å². The molecule has 0 fully saturated rings. The average molecular weight is 371 g/mol. The summed E-state index contributed by atoms with van der Waals surface area (Å²) in [7, 11) is 0. The molecule has 0 radical (unpaired) electrons. The second-order valence-electron chi connectivity index (χ2n) is 6.28. The summed E-state index contributed by atoms with van der Waals surface area (Å²) in [5.74, 6) is -0.129. The molecular formula is C21H17N5O2. The van der Waals surface area contributed by atoms with Gasteiger partial charge in [-0.1, -0.05) is 30.3 Å². The zero-order valence-corrected chi connectivity index (χ0v) is 14.9. The molecule has 2 amide bonds. The Morgan fingerprint density at radius 2 is 1.79 bits per heavy atom. The zero-order valence-electron chi connectivity index (χ0n) is 14.9. The van der Waals surface area contributed by atoms with E-state index in [1.807, 2.05) is 36.4 Å². The minimum Gasteiger partial charge on any atom is -0.350 e. The summed E-state index contributed by atoms with van der Waals surface area (Å²) < 4.78 is 1.18. The third-order valence-corrected chi connectivity index (χ3v) is 4.33. The quantitative estimate of drug-likeness (QED) is 0.575. The molecule has 0 spiro atoms. The van der Waals surface area contributed by atoms with Gasteiger partial charge in [0.2, 0.25) is 5.91 Å². The molecule has 0 unspecified atom stereocenters. The molecule has 0 bridgehead atoms. The molecule has 4 rings (SSSR count). The number of pyridine rings is 1. The molecule has 3 N–H and O–H groups in total. The van der Waals surface area contributed by atoms with E-state index >= 15 is 0 Å². The molecule has 2 heterocycles. The van der Waals surface area contributed by atoms with Crippen LogP contribution in [0.5, 0.6) is 0 Å². The Kier molecular flexibility index (Phi) is 4.55. The minimum absolute atomic E-state index is 0.129. The first-order valence-corrected chi connectivity index (χ1v) is 8.68. The topological polar surface area (TPSA) is 103 Å². The van der Waals surface area contributed by atoms with E-state index in [-0.39, 0.29) is 12.3 Å². The molecule has 0 saturated carbocycles. The summed E-state index contributed by atoms with van der Waals surface area (Å²) in [6, 6.07) is 17.7. The van der Waals surface area contributed by atoms with E-state index in [9.17, 15) is 9.59 Å². The summed E-state index contributed by atoms with van der Waals surface area (Å²) in [5, 5.41) is 8.07. The number of aromatic nitrogens is 3. The molecule has 0 aliphatic heterocycles. The molecule has 7 heteroatoms. The van der Waals surface area contributed by atoms with Gasteiger partial charge < -0.3 is 11.1 Å². The Balaban J connectivity index is 1.63. The predicted octanol–water partition coefficient (Wildman–Crippen LogP) is 3.21. The van der Waals surface area contributed by atoms with Crippen molar-refractivity contribution in [3.05, 3.63) is 78.6 Å². The summed E-state index contributed by atoms with van der Waals surface area (Å²) in [5.41, 5.74) is 9.01. The Morgan fingerprint density at radius 1 is 1.00 bits per heavy atom. The predicted molar refractivity (Wildman–Crippen MR) is 107 cm³/mol. The fraction of sp³-hybridized carbons (Fsp3) is 0.0476. The van der Waals surface area contributed by atoms with Gasteiger partial charge in [-0.25, -0.2) is 4.79 Å². The van der Waals surface area contributed by atoms with Gasteiger partial charge in [0.05, 0.1) is 11.9 Å². The monoisotopic (exact) mass is 371 g/mol. The lowest BCUT2D eigenvalue weighted by atomic mass is 10.1. The molecule has 138 valence electrons. The van der Waals surface area contributed by atoms with Crippen molar-refractivity contribution in [1.82, 2.24) is 14.8 Å². The van der Waals surface area contributed by atoms with Crippen molar-refractivity contribution in [1.29, 1.82) is 0 Å². The normalized spacial score (nSPS) is 10.7. The number of nitrogens with zero attached hydrogens (tertiary/aromatic N) is 3. The smallest absolute Gasteiger partial charge is 0.340 e. The van der Waals surface area contributed by atoms with Crippen molar-refractivity contribution in [3.8, 4) is 11.3 Å². The number of hydrogen-bond acceptors (Lipinski definition) is 4. The maximum atomic E-state index is 12.3. The largest absolute Gasteiger partial charge is 0.350 e. The lowest BCUT2D eigenvalue weighted by Gasteiger charge is -2.07. The number of nitrogens with one attached hydrogen (secondary N) is 1. The van der Waals surface area contributed by atoms with Crippen molar-refractivity contribution in [3.63, 3.8) is 0 Å². The first-order valence-electron chi connectivity index (χ1n) is 8.68. The average Bonchev–Trinajstić information content (AvgIpc) is 3.09. The van der Waals surface area contributed by atoms with Gasteiger partial charge in [-0.05, 0) is 35.9 Å². The Bertz CT molecular complexity index is 1170. The fourth-order valence-corrected chi connectivity index (χ4v) is 3.08. The Morgan fingerprint density at radius 3 is 2.57 bits per heavy atom. The van der Waals surface area contributed by atoms with E-state index in [4.69, 9.17) is 5.73 Å². The van der Waals surface area contributed by atoms with Crippen LogP contribution in [-0.2, 0) is 11.2 Å². The standard InChI is InChI=1S/C21H17N5O2/c22-21(28)26-18-7-2-1-6-17(18)20(25-26)15-4-3-5-16(13-15)24-19(27)12-14-8-10-23-11-9-14/h1-11,13H,12H2,(H2,22,28)(H,24,27). The van der Waals surface area contributed by atoms with Crippen LogP contribution in [-0.4, -0.2) is 26.7 Å². The molecule has 0 saturated heterocycles. The summed E-state index contributed by atoms with van der Waals surface area (Å²) >= 11 is 0. The third-order valence-electron chi connectivity index (χ3n) is 4.33. The second-order valence-corrected chi connectivity index (χ2v) is 6.28. The van der Waals surface area contributed by atoms with Crippen molar-refractivity contribution in [2.24, 2.45) is 5.73 Å². The highest BCUT2D eigenvalue weighted by molar-refractivity contribution is 5.99. The number of benzene rings is 2. The highest BCUT2D eigenvalue weighted by atomic mass is 16.2. The summed E-state index contributed by atoms with van der Waals surface area (Å²) in [6.45, 7) is 0. The fourth-order valence-electron chi connectivity index (χ4n) is 3.08. The first kappa shape index (κ1) is 17.4. The van der Waals surface area contributed by atoms with Gasteiger partial charge in [0, 0.05) is 29.0 Å². The van der Waals surface area contributed by atoms with E-state index in [0.29, 0.717) is 16.9 Å². The maximum Gasteiger partial charge on any atom is 0.340 e. The van der Waals surface area contributed by atoms with E-state index in [0.717, 1.165) is 16.5 Å². The number of anilines is 1. The van der Waals surface area contributed by atoms with Crippen LogP contribution in [0.15, 0.2) is 73.1 Å². The van der Waals surface area contributed by atoms with Gasteiger partial charge in [0.25, 0.3) is 0 Å². The maximum absolute atomic E-state index is 12.3. The van der Waals surface area contributed by atoms with Crippen LogP contribution in [0, 0.1) is 0 Å². The van der Waals surface area contributed by atoms with Crippen LogP contribution in [0.4, 0.5) is 10.5 Å². The van der Waals surface area contributed by atoms with E-state index in [1.165, 1.54) is 4.68 Å². The number of hydrogen-bond donors (Lipinski definition) is 2. The van der Waals surface area contributed by atoms with E-state index in [1.54, 1.807) is 36.7 Å². The number of primary amides is 1. The van der Waals surface area contributed by atoms with Crippen molar-refractivity contribution < 1.29 is 9.59 Å². The van der Waals surface area contributed by atoms with Crippen LogP contribution in [0.1, 0.15) is 5.56 Å². The van der Waals surface area contributed by atoms with Crippen molar-refractivity contribution in [2.45, 2.75) is 6.42 Å². The number of carbonyl (C=O) groups is 2. The van der Waals surface area contributed by atoms with Crippen molar-refractivity contribution in [2.75, 3.05) is 5.32 Å². The molecule has 4 aromatic rings. The molecule has 2 aromatic carbocycles. The minimum atomic E-state index is -0.649. The molecule has 28 heavy (non-hydrogen) atoms. The number of nitrogens with two attached hydrogens (primary N) is 1. The molecule has 0 aliphatic carbocycles. The second kappa shape index (κ2) is 7.32. The number of rotatable bonds is 4. The van der Waals surface area contributed by atoms with Gasteiger partial charge in [-0.2, -0.15) is 9.78 Å². The molecule has 7 nitrogen and oxygen atoms in total. The molecule has 0 aliphatic rings. The SMILES string of the molecule is NC(=O)n1nc(-c2cccc(NC(=O)Cc3ccncc3)c2)c2ccccc21. The van der Waals surface area contributed by atoms with Crippen LogP contribution in [0.2, 0.25) is 0 Å². The van der Waals surface area contributed by atoms with Crippen molar-refractivity contribution >= 4 is 28.5 Å². The Labute approximate surface area is 160 Å². The van der Waals surface area contributed by atoms with Crippen LogP contribution in [0.25, 0.3) is 22.2 Å². The van der Waals surface area contributed by atoms with E-state index in [2.05, 4.69) is 15.4 Å². The molecule has 2 aromatic heterocycles. The van der Waals surface area contributed by atoms with Gasteiger partial charge in [-0.3, -0.25) is 9.78 Å². The van der Waals surface area contributed by atoms with Gasteiger partial charge >= 0.3 is 6.03 Å². The number of carbonyl (C=O) groups excluding carboxylic acids is 2. The number of amides is 2. The lowest BCUT2D eigenvalue weighted by molar-refractivity contribution is -0.115. The number of fused-ring (bicyclic) bond motifs is 1. The summed E-state index contributed by atoms with van der Waals surface area (Å²) in [4.78, 5) is 28.0. The van der Waals surface area contributed by atoms with Crippen LogP contribution in [0.3, 0.4) is 0 Å². The number of para-hydroxylation sites is 1. The van der Waals surface area contributed by atoms with Crippen LogP contribution < -0.4 is 11.1 Å².